The van der Waals surface area contributed by atoms with Crippen LogP contribution in [-0.4, -0.2) is 5.91 Å². The molecule has 2 aromatic rings. The Labute approximate surface area is 118 Å². The van der Waals surface area contributed by atoms with Crippen LogP contribution in [0.3, 0.4) is 0 Å². The molecule has 102 valence electrons. The second-order valence-corrected chi connectivity index (χ2v) is 5.20. The molecule has 0 saturated heterocycles. The van der Waals surface area contributed by atoms with Crippen LogP contribution >= 0.6 is 0 Å². The van der Waals surface area contributed by atoms with E-state index >= 15 is 0 Å². The number of hydrogen-bond acceptors (Lipinski definition) is 2. The Bertz CT molecular complexity index is 609. The van der Waals surface area contributed by atoms with Crippen LogP contribution in [0.25, 0.3) is 0 Å². The summed E-state index contributed by atoms with van der Waals surface area (Å²) in [4.78, 5) is 11.8. The summed E-state index contributed by atoms with van der Waals surface area (Å²) in [5.41, 5.74) is 9.14. The molecular weight excluding hydrogens is 248 g/mol. The molecule has 0 saturated carbocycles. The number of aryl methyl sites for hydroxylation is 1. The Morgan fingerprint density at radius 3 is 2.55 bits per heavy atom. The van der Waals surface area contributed by atoms with Crippen LogP contribution < -0.4 is 11.1 Å². The first-order chi connectivity index (χ1) is 9.75. The first-order valence-corrected chi connectivity index (χ1v) is 6.94. The molecule has 0 heterocycles. The van der Waals surface area contributed by atoms with Gasteiger partial charge in [-0.2, -0.15) is 0 Å². The highest BCUT2D eigenvalue weighted by atomic mass is 16.1. The summed E-state index contributed by atoms with van der Waals surface area (Å²) in [7, 11) is 0. The summed E-state index contributed by atoms with van der Waals surface area (Å²) in [5, 5.41) is 3.41. The van der Waals surface area contributed by atoms with E-state index in [2.05, 4.69) is 23.5 Å². The molecule has 0 spiro atoms. The quantitative estimate of drug-likeness (QED) is 0.893. The number of hydrogen-bond donors (Lipinski definition) is 2. The maximum absolute atomic E-state index is 11.8. The zero-order valence-corrected chi connectivity index (χ0v) is 11.3. The minimum absolute atomic E-state index is 0.198. The monoisotopic (exact) mass is 266 g/mol. The lowest BCUT2D eigenvalue weighted by atomic mass is 10.0. The number of nitrogens with two attached hydrogens (primary N) is 1. The third-order valence-electron chi connectivity index (χ3n) is 3.92. The minimum Gasteiger partial charge on any atom is -0.368 e. The third-order valence-corrected chi connectivity index (χ3v) is 3.92. The first-order valence-electron chi connectivity index (χ1n) is 6.94. The smallest absolute Gasteiger partial charge is 0.239 e. The number of benzene rings is 2. The zero-order chi connectivity index (χ0) is 13.9. The summed E-state index contributed by atoms with van der Waals surface area (Å²) in [6.45, 7) is 0. The van der Waals surface area contributed by atoms with Crippen molar-refractivity contribution < 1.29 is 4.79 Å². The lowest BCUT2D eigenvalue weighted by Gasteiger charge is -2.21. The Hall–Kier alpha value is -2.13. The van der Waals surface area contributed by atoms with Crippen molar-refractivity contribution >= 4 is 5.91 Å². The fraction of sp³-hybridized carbons (Fsp3) is 0.235. The van der Waals surface area contributed by atoms with Crippen LogP contribution in [0.5, 0.6) is 0 Å². The lowest BCUT2D eigenvalue weighted by Crippen LogP contribution is -2.35. The predicted molar refractivity (Wildman–Crippen MR) is 79.0 cm³/mol. The van der Waals surface area contributed by atoms with Crippen molar-refractivity contribution in [3.63, 3.8) is 0 Å². The number of carbonyl (C=O) groups is 1. The Balaban J connectivity index is 1.84. The van der Waals surface area contributed by atoms with Gasteiger partial charge in [0.15, 0.2) is 0 Å². The summed E-state index contributed by atoms with van der Waals surface area (Å²) < 4.78 is 0. The normalized spacial score (nSPS) is 18.5. The largest absolute Gasteiger partial charge is 0.368 e. The molecule has 0 bridgehead atoms. The van der Waals surface area contributed by atoms with Gasteiger partial charge < -0.3 is 5.73 Å². The van der Waals surface area contributed by atoms with Crippen molar-refractivity contribution in [1.82, 2.24) is 5.32 Å². The maximum atomic E-state index is 11.8. The average Bonchev–Trinajstić information content (AvgIpc) is 2.88. The predicted octanol–water partition coefficient (Wildman–Crippen LogP) is 2.49. The van der Waals surface area contributed by atoms with Crippen LogP contribution in [0.1, 0.15) is 35.2 Å². The van der Waals surface area contributed by atoms with Gasteiger partial charge in [-0.05, 0) is 29.5 Å². The molecule has 3 N–H and O–H groups in total. The van der Waals surface area contributed by atoms with Crippen molar-refractivity contribution in [3.8, 4) is 0 Å². The highest BCUT2D eigenvalue weighted by Crippen LogP contribution is 2.32. The van der Waals surface area contributed by atoms with Gasteiger partial charge in [-0.25, -0.2) is 0 Å². The summed E-state index contributed by atoms with van der Waals surface area (Å²) in [6, 6.07) is 17.8. The third kappa shape index (κ3) is 2.45. The van der Waals surface area contributed by atoms with Gasteiger partial charge in [-0.1, -0.05) is 54.6 Å². The second-order valence-electron chi connectivity index (χ2n) is 5.20. The highest BCUT2D eigenvalue weighted by Gasteiger charge is 2.27. The standard InChI is InChI=1S/C17H18N2O/c18-17(20)16(13-7-2-1-3-8-13)19-15-11-10-12-6-4-5-9-14(12)15/h1-9,15-16,19H,10-11H2,(H2,18,20)/t15-,16+/m1/s1. The lowest BCUT2D eigenvalue weighted by molar-refractivity contribution is -0.120. The molecule has 1 amide bonds. The van der Waals surface area contributed by atoms with Crippen molar-refractivity contribution in [3.05, 3.63) is 71.3 Å². The number of primary amides is 1. The van der Waals surface area contributed by atoms with Gasteiger partial charge in [0, 0.05) is 6.04 Å². The molecule has 0 unspecified atom stereocenters. The topological polar surface area (TPSA) is 55.1 Å². The van der Waals surface area contributed by atoms with E-state index in [1.54, 1.807) is 0 Å². The van der Waals surface area contributed by atoms with Crippen LogP contribution in [0, 0.1) is 0 Å². The second kappa shape index (κ2) is 5.47. The molecule has 2 atom stereocenters. The van der Waals surface area contributed by atoms with Crippen molar-refractivity contribution in [2.75, 3.05) is 0 Å². The van der Waals surface area contributed by atoms with E-state index < -0.39 is 6.04 Å². The summed E-state index contributed by atoms with van der Waals surface area (Å²) >= 11 is 0. The zero-order valence-electron chi connectivity index (χ0n) is 11.3. The van der Waals surface area contributed by atoms with Gasteiger partial charge in [0.1, 0.15) is 6.04 Å². The molecule has 2 aromatic carbocycles. The minimum atomic E-state index is -0.438. The van der Waals surface area contributed by atoms with E-state index in [-0.39, 0.29) is 11.9 Å². The van der Waals surface area contributed by atoms with E-state index in [1.165, 1.54) is 11.1 Å². The molecule has 0 aromatic heterocycles. The van der Waals surface area contributed by atoms with Crippen LogP contribution in [0.15, 0.2) is 54.6 Å². The molecule has 3 rings (SSSR count). The van der Waals surface area contributed by atoms with E-state index in [1.807, 2.05) is 36.4 Å². The van der Waals surface area contributed by atoms with Crippen molar-refractivity contribution in [1.29, 1.82) is 0 Å². The van der Waals surface area contributed by atoms with Gasteiger partial charge in [0.25, 0.3) is 0 Å². The van der Waals surface area contributed by atoms with Gasteiger partial charge in [-0.15, -0.1) is 0 Å². The van der Waals surface area contributed by atoms with Gasteiger partial charge >= 0.3 is 0 Å². The fourth-order valence-electron chi connectivity index (χ4n) is 2.92. The van der Waals surface area contributed by atoms with Crippen LogP contribution in [-0.2, 0) is 11.2 Å². The molecule has 3 heteroatoms. The number of rotatable bonds is 4. The van der Waals surface area contributed by atoms with E-state index in [0.717, 1.165) is 18.4 Å². The SMILES string of the molecule is NC(=O)[C@@H](N[C@@H]1CCc2ccccc21)c1ccccc1. The highest BCUT2D eigenvalue weighted by molar-refractivity contribution is 5.81. The number of amides is 1. The molecule has 0 fully saturated rings. The van der Waals surface area contributed by atoms with E-state index in [9.17, 15) is 4.79 Å². The molecule has 1 aliphatic rings. The van der Waals surface area contributed by atoms with Gasteiger partial charge in [-0.3, -0.25) is 10.1 Å². The fourth-order valence-corrected chi connectivity index (χ4v) is 2.92. The van der Waals surface area contributed by atoms with E-state index in [0.29, 0.717) is 0 Å². The molecular formula is C17H18N2O. The maximum Gasteiger partial charge on any atom is 0.239 e. The summed E-state index contributed by atoms with van der Waals surface area (Å²) in [5.74, 6) is -0.333. The molecule has 20 heavy (non-hydrogen) atoms. The Morgan fingerprint density at radius 2 is 1.80 bits per heavy atom. The number of carbonyl (C=O) groups excluding carboxylic acids is 1. The Morgan fingerprint density at radius 1 is 1.10 bits per heavy atom. The number of fused-ring (bicyclic) bond motifs is 1. The van der Waals surface area contributed by atoms with Crippen molar-refractivity contribution in [2.24, 2.45) is 5.73 Å². The number of nitrogens with one attached hydrogen (secondary N) is 1. The first kappa shape index (κ1) is 12.9. The van der Waals surface area contributed by atoms with Gasteiger partial charge in [0.05, 0.1) is 0 Å². The van der Waals surface area contributed by atoms with Crippen LogP contribution in [0.4, 0.5) is 0 Å². The average molecular weight is 266 g/mol. The Kier molecular flexibility index (Phi) is 3.52. The molecule has 0 aliphatic heterocycles. The molecule has 1 aliphatic carbocycles. The van der Waals surface area contributed by atoms with Gasteiger partial charge in [0.2, 0.25) is 5.91 Å². The summed E-state index contributed by atoms with van der Waals surface area (Å²) in [6.07, 6.45) is 2.06. The van der Waals surface area contributed by atoms with Crippen LogP contribution in [0.2, 0.25) is 0 Å². The molecule has 3 nitrogen and oxygen atoms in total. The molecule has 0 radical (unpaired) electrons. The van der Waals surface area contributed by atoms with E-state index in [4.69, 9.17) is 5.73 Å². The van der Waals surface area contributed by atoms with Crippen molar-refractivity contribution in [2.45, 2.75) is 24.9 Å².